The highest BCUT2D eigenvalue weighted by Gasteiger charge is 2.33. The van der Waals surface area contributed by atoms with Crippen molar-refractivity contribution in [3.05, 3.63) is 65.2 Å². The number of nitrogens with two attached hydrogens (primary N) is 1. The molecule has 0 bridgehead atoms. The lowest BCUT2D eigenvalue weighted by molar-refractivity contribution is -0.139. The zero-order valence-corrected chi connectivity index (χ0v) is 17.5. The minimum Gasteiger partial charge on any atom is -0.508 e. The van der Waals surface area contributed by atoms with Gasteiger partial charge in [-0.15, -0.1) is 0 Å². The van der Waals surface area contributed by atoms with Gasteiger partial charge in [0.25, 0.3) is 0 Å². The van der Waals surface area contributed by atoms with Crippen molar-refractivity contribution in [1.29, 1.82) is 0 Å². The third-order valence-electron chi connectivity index (χ3n) is 5.67. The molecule has 3 rings (SSSR count). The van der Waals surface area contributed by atoms with Gasteiger partial charge < -0.3 is 21.1 Å². The Bertz CT molecular complexity index is 859. The summed E-state index contributed by atoms with van der Waals surface area (Å²) in [6.07, 6.45) is 3.06. The first-order valence-corrected chi connectivity index (χ1v) is 10.7. The molecule has 0 fully saturated rings. The molecule has 6 heteroatoms. The number of carbonyl (C=O) groups is 2. The topological polar surface area (TPSA) is 95.7 Å². The van der Waals surface area contributed by atoms with Crippen molar-refractivity contribution in [2.75, 3.05) is 6.54 Å². The largest absolute Gasteiger partial charge is 0.508 e. The van der Waals surface area contributed by atoms with Crippen LogP contribution < -0.4 is 11.1 Å². The molecule has 1 unspecified atom stereocenters. The Hall–Kier alpha value is -2.86. The van der Waals surface area contributed by atoms with Crippen LogP contribution in [0.4, 0.5) is 0 Å². The van der Waals surface area contributed by atoms with Crippen LogP contribution >= 0.6 is 0 Å². The van der Waals surface area contributed by atoms with E-state index in [1.165, 1.54) is 11.1 Å². The molecule has 0 spiro atoms. The monoisotopic (exact) mass is 409 g/mol. The van der Waals surface area contributed by atoms with E-state index in [0.29, 0.717) is 32.4 Å². The van der Waals surface area contributed by atoms with Crippen molar-refractivity contribution in [3.63, 3.8) is 0 Å². The van der Waals surface area contributed by atoms with E-state index in [2.05, 4.69) is 17.4 Å². The first kappa shape index (κ1) is 21.8. The molecular formula is C24H31N3O3. The van der Waals surface area contributed by atoms with Gasteiger partial charge in [-0.2, -0.15) is 0 Å². The molecular weight excluding hydrogens is 378 g/mol. The Kier molecular flexibility index (Phi) is 7.46. The van der Waals surface area contributed by atoms with Crippen molar-refractivity contribution in [2.24, 2.45) is 5.73 Å². The quantitative estimate of drug-likeness (QED) is 0.593. The van der Waals surface area contributed by atoms with Gasteiger partial charge in [0.2, 0.25) is 11.8 Å². The van der Waals surface area contributed by atoms with Crippen LogP contribution in [0.25, 0.3) is 0 Å². The predicted octanol–water partition coefficient (Wildman–Crippen LogP) is 2.52. The van der Waals surface area contributed by atoms with Crippen molar-refractivity contribution >= 4 is 11.8 Å². The molecule has 2 amide bonds. The Morgan fingerprint density at radius 2 is 1.87 bits per heavy atom. The molecule has 0 radical (unpaired) electrons. The first-order chi connectivity index (χ1) is 14.5. The van der Waals surface area contributed by atoms with E-state index in [1.54, 1.807) is 25.1 Å². The second-order valence-corrected chi connectivity index (χ2v) is 7.87. The minimum atomic E-state index is -0.595. The molecule has 1 aliphatic rings. The van der Waals surface area contributed by atoms with Gasteiger partial charge in [-0.05, 0) is 61.1 Å². The number of rotatable bonds is 9. The van der Waals surface area contributed by atoms with Crippen molar-refractivity contribution < 1.29 is 14.7 Å². The average Bonchev–Trinajstić information content (AvgIpc) is 3.18. The average molecular weight is 410 g/mol. The number of fused-ring (bicyclic) bond motifs is 1. The van der Waals surface area contributed by atoms with E-state index in [9.17, 15) is 14.7 Å². The summed E-state index contributed by atoms with van der Waals surface area (Å²) in [5, 5.41) is 12.8. The minimum absolute atomic E-state index is 0.0103. The summed E-state index contributed by atoms with van der Waals surface area (Å²) in [4.78, 5) is 27.6. The van der Waals surface area contributed by atoms with Gasteiger partial charge in [0.05, 0.1) is 0 Å². The number of nitrogens with one attached hydrogen (secondary N) is 1. The summed E-state index contributed by atoms with van der Waals surface area (Å²) in [6, 6.07) is 14.7. The van der Waals surface area contributed by atoms with Crippen molar-refractivity contribution in [1.82, 2.24) is 10.2 Å². The van der Waals surface area contributed by atoms with Gasteiger partial charge in [0.15, 0.2) is 0 Å². The summed E-state index contributed by atoms with van der Waals surface area (Å²) in [5.41, 5.74) is 9.04. The Morgan fingerprint density at radius 3 is 2.47 bits per heavy atom. The zero-order chi connectivity index (χ0) is 21.5. The van der Waals surface area contributed by atoms with Gasteiger partial charge in [0.1, 0.15) is 11.8 Å². The molecule has 30 heavy (non-hydrogen) atoms. The summed E-state index contributed by atoms with van der Waals surface area (Å²) >= 11 is 0. The molecule has 2 aromatic carbocycles. The van der Waals surface area contributed by atoms with Crippen LogP contribution in [-0.4, -0.2) is 40.4 Å². The van der Waals surface area contributed by atoms with Crippen LogP contribution in [0.3, 0.4) is 0 Å². The van der Waals surface area contributed by atoms with Crippen LogP contribution in [0.15, 0.2) is 48.5 Å². The Labute approximate surface area is 178 Å². The highest BCUT2D eigenvalue weighted by molar-refractivity contribution is 5.87. The van der Waals surface area contributed by atoms with Gasteiger partial charge >= 0.3 is 0 Å². The number of phenols is 1. The molecule has 1 atom stereocenters. The maximum Gasteiger partial charge on any atom is 0.245 e. The molecule has 0 heterocycles. The van der Waals surface area contributed by atoms with Crippen LogP contribution in [-0.2, 0) is 29.0 Å². The smallest absolute Gasteiger partial charge is 0.245 e. The lowest BCUT2D eigenvalue weighted by Crippen LogP contribution is -2.52. The van der Waals surface area contributed by atoms with E-state index in [4.69, 9.17) is 5.73 Å². The lowest BCUT2D eigenvalue weighted by atomic mass is 10.0. The number of hydrogen-bond donors (Lipinski definition) is 3. The third-order valence-corrected chi connectivity index (χ3v) is 5.67. The molecule has 1 aliphatic carbocycles. The van der Waals surface area contributed by atoms with Crippen LogP contribution in [0.1, 0.15) is 42.9 Å². The highest BCUT2D eigenvalue weighted by atomic mass is 16.3. The van der Waals surface area contributed by atoms with E-state index in [1.807, 2.05) is 23.1 Å². The van der Waals surface area contributed by atoms with E-state index < -0.39 is 6.04 Å². The number of amides is 2. The van der Waals surface area contributed by atoms with Gasteiger partial charge in [-0.25, -0.2) is 0 Å². The predicted molar refractivity (Wildman–Crippen MR) is 117 cm³/mol. The summed E-state index contributed by atoms with van der Waals surface area (Å²) in [5.74, 6) is -0.0580. The maximum absolute atomic E-state index is 13.6. The number of aromatic hydroxyl groups is 1. The van der Waals surface area contributed by atoms with E-state index in [0.717, 1.165) is 18.4 Å². The Balaban J connectivity index is 1.87. The van der Waals surface area contributed by atoms with Gasteiger partial charge in [0, 0.05) is 19.0 Å². The molecule has 2 aromatic rings. The van der Waals surface area contributed by atoms with Crippen LogP contribution in [0.5, 0.6) is 5.75 Å². The molecule has 0 aliphatic heterocycles. The van der Waals surface area contributed by atoms with Crippen molar-refractivity contribution in [3.8, 4) is 5.75 Å². The number of hydrogen-bond acceptors (Lipinski definition) is 4. The maximum atomic E-state index is 13.6. The number of benzene rings is 2. The molecule has 6 nitrogen and oxygen atoms in total. The van der Waals surface area contributed by atoms with E-state index >= 15 is 0 Å². The molecule has 4 N–H and O–H groups in total. The first-order valence-electron chi connectivity index (χ1n) is 10.7. The van der Waals surface area contributed by atoms with Gasteiger partial charge in [-0.1, -0.05) is 43.3 Å². The summed E-state index contributed by atoms with van der Waals surface area (Å²) < 4.78 is 0. The molecule has 160 valence electrons. The summed E-state index contributed by atoms with van der Waals surface area (Å²) in [7, 11) is 0. The fourth-order valence-electron chi connectivity index (χ4n) is 4.07. The third kappa shape index (κ3) is 5.39. The zero-order valence-electron chi connectivity index (χ0n) is 17.5. The second-order valence-electron chi connectivity index (χ2n) is 7.87. The molecule has 0 saturated heterocycles. The number of nitrogens with zero attached hydrogens (tertiary/aromatic N) is 1. The van der Waals surface area contributed by atoms with Crippen LogP contribution in [0.2, 0.25) is 0 Å². The highest BCUT2D eigenvalue weighted by Crippen LogP contribution is 2.28. The normalized spacial score (nSPS) is 14.2. The second kappa shape index (κ2) is 10.3. The molecule has 0 saturated carbocycles. The fraction of sp³-hybridized carbons (Fsp3) is 0.417. The standard InChI is InChI=1S/C24H31N3O3/c1-2-23(29)26-22(11-6-12-25)24(30)27(16-17-7-5-10-21(28)13-17)20-14-18-8-3-4-9-19(18)15-20/h3-5,7-10,13,20,22,28H,2,6,11-12,14-16,25H2,1H3,(H,26,29). The van der Waals surface area contributed by atoms with Crippen molar-refractivity contribution in [2.45, 2.75) is 57.7 Å². The SMILES string of the molecule is CCC(=O)NC(CCCN)C(=O)N(Cc1cccc(O)c1)C1Cc2ccccc2C1. The fourth-order valence-corrected chi connectivity index (χ4v) is 4.07. The summed E-state index contributed by atoms with van der Waals surface area (Å²) in [6.45, 7) is 2.62. The number of phenolic OH excluding ortho intramolecular Hbond substituents is 1. The van der Waals surface area contributed by atoms with E-state index in [-0.39, 0.29) is 23.6 Å². The van der Waals surface area contributed by atoms with Crippen LogP contribution in [0, 0.1) is 0 Å². The lowest BCUT2D eigenvalue weighted by Gasteiger charge is -2.33. The van der Waals surface area contributed by atoms with Gasteiger partial charge in [-0.3, -0.25) is 9.59 Å². The molecule has 0 aromatic heterocycles. The number of carbonyl (C=O) groups excluding carboxylic acids is 2. The Morgan fingerprint density at radius 1 is 1.17 bits per heavy atom.